The Kier molecular flexibility index (Phi) is 11.4. The summed E-state index contributed by atoms with van der Waals surface area (Å²) in [5.41, 5.74) is 0. The molecule has 0 amide bonds. The van der Waals surface area contributed by atoms with Crippen LogP contribution in [0, 0.1) is 5.82 Å². The van der Waals surface area contributed by atoms with Gasteiger partial charge in [0, 0.05) is 65.4 Å². The summed E-state index contributed by atoms with van der Waals surface area (Å²) in [6.07, 6.45) is 0.687. The molecular weight excluding hydrogens is 504 g/mol. The SMILES string of the molecule is [B]CCC(Oc1ccc(F)cc1Br)[C@H]1COC(C)(C)O1.[Y].[Y]. The second-order valence-corrected chi connectivity index (χ2v) is 6.03. The minimum atomic E-state index is -0.610. The topological polar surface area (TPSA) is 27.7 Å². The number of ether oxygens (including phenoxy) is 3. The molecule has 3 nitrogen and oxygen atoms in total. The van der Waals surface area contributed by atoms with Gasteiger partial charge in [-0.3, -0.25) is 0 Å². The Morgan fingerprint density at radius 2 is 2.14 bits per heavy atom. The monoisotopic (exact) mass is 520 g/mol. The average Bonchev–Trinajstić information content (AvgIpc) is 2.72. The molecule has 8 heteroatoms. The first-order valence-corrected chi connectivity index (χ1v) is 7.34. The normalized spacial score (nSPS) is 20.6. The van der Waals surface area contributed by atoms with Gasteiger partial charge in [-0.25, -0.2) is 4.39 Å². The van der Waals surface area contributed by atoms with Crippen molar-refractivity contribution in [3.05, 3.63) is 28.5 Å². The van der Waals surface area contributed by atoms with Gasteiger partial charge in [-0.05, 0) is 54.4 Å². The minimum absolute atomic E-state index is 0. The van der Waals surface area contributed by atoms with Gasteiger partial charge in [0.25, 0.3) is 0 Å². The average molecular weight is 521 g/mol. The van der Waals surface area contributed by atoms with E-state index in [0.717, 1.165) is 0 Å². The third-order valence-electron chi connectivity index (χ3n) is 3.07. The molecule has 2 rings (SSSR count). The zero-order chi connectivity index (χ0) is 14.8. The Morgan fingerprint density at radius 1 is 1.45 bits per heavy atom. The van der Waals surface area contributed by atoms with Gasteiger partial charge in [0.15, 0.2) is 5.79 Å². The molecule has 0 bridgehead atoms. The molecule has 0 aromatic heterocycles. The molecular formula is C14H17BBrFO3Y2. The Labute approximate surface area is 191 Å². The zero-order valence-corrected chi connectivity index (χ0v) is 20.0. The first kappa shape index (κ1) is 23.6. The van der Waals surface area contributed by atoms with Gasteiger partial charge in [0.2, 0.25) is 0 Å². The van der Waals surface area contributed by atoms with E-state index in [2.05, 4.69) is 15.9 Å². The molecule has 1 saturated heterocycles. The van der Waals surface area contributed by atoms with E-state index in [9.17, 15) is 4.39 Å². The van der Waals surface area contributed by atoms with Gasteiger partial charge in [-0.15, -0.1) is 0 Å². The van der Waals surface area contributed by atoms with E-state index in [1.807, 2.05) is 13.8 Å². The quantitative estimate of drug-likeness (QED) is 0.557. The van der Waals surface area contributed by atoms with E-state index in [4.69, 9.17) is 22.1 Å². The van der Waals surface area contributed by atoms with E-state index in [0.29, 0.717) is 29.6 Å². The Bertz CT molecular complexity index is 479. The first-order chi connectivity index (χ1) is 9.41. The number of rotatable bonds is 5. The Hall–Kier alpha value is 1.62. The number of hydrogen-bond acceptors (Lipinski definition) is 3. The van der Waals surface area contributed by atoms with Crippen molar-refractivity contribution in [2.75, 3.05) is 6.61 Å². The van der Waals surface area contributed by atoms with Crippen LogP contribution in [0.25, 0.3) is 0 Å². The summed E-state index contributed by atoms with van der Waals surface area (Å²) in [7, 11) is 5.63. The standard InChI is InChI=1S/C14H17BBrFO3.2Y/c1-14(2)18-8-13(20-14)12(5-6-15)19-11-4-3-9(17)7-10(11)16;;/h3-4,7,12-13H,5-6,8H2,1-2H3;;/t12?,13-;;/m1../s1. The third-order valence-corrected chi connectivity index (χ3v) is 3.69. The maximum atomic E-state index is 13.1. The molecule has 0 saturated carbocycles. The summed E-state index contributed by atoms with van der Waals surface area (Å²) in [5.74, 6) is -0.361. The summed E-state index contributed by atoms with van der Waals surface area (Å²) in [4.78, 5) is 0. The zero-order valence-electron chi connectivity index (χ0n) is 12.7. The smallest absolute Gasteiger partial charge is 0.163 e. The molecule has 0 N–H and O–H groups in total. The minimum Gasteiger partial charge on any atom is -0.486 e. The van der Waals surface area contributed by atoms with Crippen molar-refractivity contribution in [1.29, 1.82) is 0 Å². The molecule has 1 fully saturated rings. The van der Waals surface area contributed by atoms with Crippen LogP contribution < -0.4 is 4.74 Å². The molecule has 1 aromatic carbocycles. The molecule has 1 aliphatic rings. The number of benzene rings is 1. The number of hydrogen-bond donors (Lipinski definition) is 0. The van der Waals surface area contributed by atoms with Gasteiger partial charge in [0.1, 0.15) is 23.8 Å². The second kappa shape index (κ2) is 10.6. The van der Waals surface area contributed by atoms with Gasteiger partial charge in [0.05, 0.1) is 18.9 Å². The first-order valence-electron chi connectivity index (χ1n) is 6.55. The van der Waals surface area contributed by atoms with Crippen molar-refractivity contribution in [3.63, 3.8) is 0 Å². The fourth-order valence-electron chi connectivity index (χ4n) is 2.12. The molecule has 0 spiro atoms. The van der Waals surface area contributed by atoms with E-state index in [-0.39, 0.29) is 83.4 Å². The predicted molar refractivity (Wildman–Crippen MR) is 78.6 cm³/mol. The fourth-order valence-corrected chi connectivity index (χ4v) is 2.56. The van der Waals surface area contributed by atoms with Crippen LogP contribution >= 0.6 is 15.9 Å². The Balaban J connectivity index is 0.00000220. The van der Waals surface area contributed by atoms with E-state index in [1.54, 1.807) is 6.07 Å². The second-order valence-electron chi connectivity index (χ2n) is 5.18. The van der Waals surface area contributed by atoms with Crippen molar-refractivity contribution < 1.29 is 84.0 Å². The summed E-state index contributed by atoms with van der Waals surface area (Å²) in [6.45, 7) is 4.18. The van der Waals surface area contributed by atoms with Crippen molar-refractivity contribution in [2.24, 2.45) is 0 Å². The molecule has 114 valence electrons. The van der Waals surface area contributed by atoms with Crippen LogP contribution in [0.3, 0.4) is 0 Å². The molecule has 22 heavy (non-hydrogen) atoms. The molecule has 4 radical (unpaired) electrons. The number of halogens is 2. The summed E-state index contributed by atoms with van der Waals surface area (Å²) in [5, 5.41) is 0. The van der Waals surface area contributed by atoms with Crippen molar-refractivity contribution in [1.82, 2.24) is 0 Å². The van der Waals surface area contributed by atoms with E-state index >= 15 is 0 Å². The summed E-state index contributed by atoms with van der Waals surface area (Å²) < 4.78 is 30.9. The molecule has 2 atom stereocenters. The fraction of sp³-hybridized carbons (Fsp3) is 0.571. The van der Waals surface area contributed by atoms with Crippen molar-refractivity contribution in [3.8, 4) is 5.75 Å². The maximum Gasteiger partial charge on any atom is 0.163 e. The van der Waals surface area contributed by atoms with Crippen LogP contribution in [0.2, 0.25) is 6.32 Å². The van der Waals surface area contributed by atoms with Crippen LogP contribution in [0.15, 0.2) is 22.7 Å². The summed E-state index contributed by atoms with van der Waals surface area (Å²) in [6, 6.07) is 4.31. The molecule has 1 aliphatic heterocycles. The largest absolute Gasteiger partial charge is 0.486 e. The molecule has 0 aliphatic carbocycles. The van der Waals surface area contributed by atoms with Gasteiger partial charge < -0.3 is 14.2 Å². The van der Waals surface area contributed by atoms with Crippen LogP contribution in [-0.4, -0.2) is 32.4 Å². The van der Waals surface area contributed by atoms with Gasteiger partial charge in [-0.2, -0.15) is 0 Å². The third kappa shape index (κ3) is 6.86. The van der Waals surface area contributed by atoms with Crippen molar-refractivity contribution in [2.45, 2.75) is 44.6 Å². The van der Waals surface area contributed by atoms with Crippen LogP contribution in [0.1, 0.15) is 20.3 Å². The van der Waals surface area contributed by atoms with Crippen LogP contribution in [-0.2, 0) is 74.9 Å². The van der Waals surface area contributed by atoms with Crippen molar-refractivity contribution >= 4 is 23.8 Å². The molecule has 1 unspecified atom stereocenters. The van der Waals surface area contributed by atoms with Crippen LogP contribution in [0.5, 0.6) is 5.75 Å². The molecule has 1 heterocycles. The Morgan fingerprint density at radius 3 is 2.64 bits per heavy atom. The van der Waals surface area contributed by atoms with Gasteiger partial charge >= 0.3 is 0 Å². The van der Waals surface area contributed by atoms with E-state index in [1.165, 1.54) is 12.1 Å². The predicted octanol–water partition coefficient (Wildman–Crippen LogP) is 3.46. The van der Waals surface area contributed by atoms with E-state index < -0.39 is 5.79 Å². The maximum absolute atomic E-state index is 13.1. The molecule has 1 aromatic rings. The van der Waals surface area contributed by atoms with Crippen LogP contribution in [0.4, 0.5) is 4.39 Å². The summed E-state index contributed by atoms with van der Waals surface area (Å²) >= 11 is 3.29. The van der Waals surface area contributed by atoms with Gasteiger partial charge in [-0.1, -0.05) is 6.32 Å².